The second-order valence-electron chi connectivity index (χ2n) is 4.62. The highest BCUT2D eigenvalue weighted by atomic mass is 32.1. The van der Waals surface area contributed by atoms with Crippen LogP contribution in [0.15, 0.2) is 23.0 Å². The molecule has 2 aromatic heterocycles. The van der Waals surface area contributed by atoms with Crippen molar-refractivity contribution >= 4 is 37.3 Å². The molecular weight excluding hydrogens is 246 g/mol. The number of thiophene rings is 1. The fraction of sp³-hybridized carbons (Fsp3) is 0.231. The lowest BCUT2D eigenvalue weighted by atomic mass is 10.2. The van der Waals surface area contributed by atoms with Gasteiger partial charge in [0.25, 0.3) is 5.56 Å². The van der Waals surface area contributed by atoms with Crippen LogP contribution in [0.25, 0.3) is 20.3 Å². The van der Waals surface area contributed by atoms with Crippen LogP contribution in [0.1, 0.15) is 12.2 Å². The zero-order valence-electron chi connectivity index (χ0n) is 9.64. The van der Waals surface area contributed by atoms with E-state index in [0.717, 1.165) is 45.5 Å². The van der Waals surface area contributed by atoms with Gasteiger partial charge in [-0.05, 0) is 24.6 Å². The van der Waals surface area contributed by atoms with Gasteiger partial charge in [0.1, 0.15) is 10.5 Å². The lowest BCUT2D eigenvalue weighted by Crippen LogP contribution is -2.19. The number of hydrogen-bond acceptors (Lipinski definition) is 4. The fourth-order valence-corrected chi connectivity index (χ4v) is 3.68. The highest BCUT2D eigenvalue weighted by Gasteiger charge is 2.19. The second-order valence-corrected chi connectivity index (χ2v) is 5.68. The van der Waals surface area contributed by atoms with Gasteiger partial charge in [0.05, 0.1) is 5.52 Å². The molecule has 18 heavy (non-hydrogen) atoms. The van der Waals surface area contributed by atoms with E-state index in [1.807, 2.05) is 18.2 Å². The van der Waals surface area contributed by atoms with Gasteiger partial charge in [-0.15, -0.1) is 11.3 Å². The molecule has 1 aliphatic heterocycles. The lowest BCUT2D eigenvalue weighted by Gasteiger charge is -2.01. The van der Waals surface area contributed by atoms with Gasteiger partial charge in [0.15, 0.2) is 0 Å². The predicted molar refractivity (Wildman–Crippen MR) is 74.1 cm³/mol. The van der Waals surface area contributed by atoms with Gasteiger partial charge in [0.2, 0.25) is 0 Å². The third kappa shape index (κ3) is 1.19. The highest BCUT2D eigenvalue weighted by Crippen LogP contribution is 2.32. The number of anilines is 1. The smallest absolute Gasteiger partial charge is 0.271 e. The normalized spacial score (nSPS) is 14.4. The molecule has 4 nitrogen and oxygen atoms in total. The van der Waals surface area contributed by atoms with Crippen LogP contribution in [0.2, 0.25) is 0 Å². The van der Waals surface area contributed by atoms with E-state index in [-0.39, 0.29) is 5.56 Å². The van der Waals surface area contributed by atoms with E-state index in [0.29, 0.717) is 5.69 Å². The molecule has 0 fully saturated rings. The first-order chi connectivity index (χ1) is 8.74. The third-order valence-corrected chi connectivity index (χ3v) is 4.61. The molecule has 0 bridgehead atoms. The van der Waals surface area contributed by atoms with Gasteiger partial charge >= 0.3 is 0 Å². The summed E-state index contributed by atoms with van der Waals surface area (Å²) in [6, 6.07) is 5.74. The molecule has 0 saturated heterocycles. The Hall–Kier alpha value is -1.88. The first-order valence-corrected chi connectivity index (χ1v) is 6.77. The van der Waals surface area contributed by atoms with Gasteiger partial charge in [0, 0.05) is 28.7 Å². The minimum Gasteiger partial charge on any atom is -0.399 e. The number of nitrogens with zero attached hydrogens (tertiary/aromatic N) is 2. The summed E-state index contributed by atoms with van der Waals surface area (Å²) >= 11 is 1.51. The third-order valence-electron chi connectivity index (χ3n) is 3.46. The molecule has 90 valence electrons. The van der Waals surface area contributed by atoms with Crippen molar-refractivity contribution in [1.82, 2.24) is 9.55 Å². The zero-order chi connectivity index (χ0) is 12.3. The molecule has 5 heteroatoms. The van der Waals surface area contributed by atoms with E-state index in [2.05, 4.69) is 4.98 Å². The Labute approximate surface area is 107 Å². The Morgan fingerprint density at radius 1 is 1.39 bits per heavy atom. The van der Waals surface area contributed by atoms with Gasteiger partial charge in [-0.3, -0.25) is 9.36 Å². The minimum absolute atomic E-state index is 0.104. The molecule has 1 aromatic carbocycles. The Kier molecular flexibility index (Phi) is 1.86. The average Bonchev–Trinajstić information content (AvgIpc) is 2.95. The summed E-state index contributed by atoms with van der Waals surface area (Å²) in [6.07, 6.45) is 1.91. The molecule has 4 rings (SSSR count). The van der Waals surface area contributed by atoms with E-state index < -0.39 is 0 Å². The van der Waals surface area contributed by atoms with Crippen molar-refractivity contribution in [3.05, 3.63) is 34.4 Å². The standard InChI is InChI=1S/C13H11N3OS/c14-7-3-4-9-8(6-7)11-12(18-9)13(17)16-5-1-2-10(16)15-11/h3-4,6H,1-2,5,14H2. The Morgan fingerprint density at radius 2 is 2.28 bits per heavy atom. The van der Waals surface area contributed by atoms with Gasteiger partial charge < -0.3 is 5.73 Å². The Balaban J connectivity index is 2.25. The summed E-state index contributed by atoms with van der Waals surface area (Å²) in [5.41, 5.74) is 7.45. The SMILES string of the molecule is Nc1ccc2sc3c(=O)n4c(nc3c2c1)CCC4. The van der Waals surface area contributed by atoms with E-state index in [1.54, 1.807) is 4.57 Å². The largest absolute Gasteiger partial charge is 0.399 e. The maximum atomic E-state index is 12.4. The van der Waals surface area contributed by atoms with Crippen LogP contribution in [-0.2, 0) is 13.0 Å². The fourth-order valence-electron chi connectivity index (χ4n) is 2.60. The van der Waals surface area contributed by atoms with E-state index in [9.17, 15) is 4.79 Å². The second kappa shape index (κ2) is 3.32. The molecule has 3 heterocycles. The monoisotopic (exact) mass is 257 g/mol. The van der Waals surface area contributed by atoms with Crippen molar-refractivity contribution in [2.45, 2.75) is 19.4 Å². The van der Waals surface area contributed by atoms with Crippen molar-refractivity contribution in [3.63, 3.8) is 0 Å². The Bertz CT molecular complexity index is 847. The van der Waals surface area contributed by atoms with Gasteiger partial charge in [-0.1, -0.05) is 0 Å². The van der Waals surface area contributed by atoms with Crippen molar-refractivity contribution in [2.24, 2.45) is 0 Å². The first-order valence-electron chi connectivity index (χ1n) is 5.95. The molecule has 1 aliphatic rings. The molecule has 0 atom stereocenters. The number of aromatic nitrogens is 2. The summed E-state index contributed by atoms with van der Waals surface area (Å²) < 4.78 is 3.63. The first kappa shape index (κ1) is 10.1. The minimum atomic E-state index is 0.104. The molecule has 3 aromatic rings. The van der Waals surface area contributed by atoms with Crippen molar-refractivity contribution in [2.75, 3.05) is 5.73 Å². The van der Waals surface area contributed by atoms with Crippen molar-refractivity contribution in [3.8, 4) is 0 Å². The van der Waals surface area contributed by atoms with Gasteiger partial charge in [-0.2, -0.15) is 0 Å². The maximum absolute atomic E-state index is 12.4. The summed E-state index contributed by atoms with van der Waals surface area (Å²) in [4.78, 5) is 17.0. The molecule has 0 aliphatic carbocycles. The molecule has 2 N–H and O–H groups in total. The zero-order valence-corrected chi connectivity index (χ0v) is 10.5. The van der Waals surface area contributed by atoms with Crippen LogP contribution in [0.4, 0.5) is 5.69 Å². The van der Waals surface area contributed by atoms with Crippen molar-refractivity contribution < 1.29 is 0 Å². The summed E-state index contributed by atoms with van der Waals surface area (Å²) in [5, 5.41) is 1.00. The number of nitrogen functional groups attached to an aromatic ring is 1. The van der Waals surface area contributed by atoms with E-state index in [4.69, 9.17) is 5.73 Å². The van der Waals surface area contributed by atoms with E-state index in [1.165, 1.54) is 11.3 Å². The quantitative estimate of drug-likeness (QED) is 0.628. The summed E-state index contributed by atoms with van der Waals surface area (Å²) in [7, 11) is 0. The molecule has 0 radical (unpaired) electrons. The van der Waals surface area contributed by atoms with Crippen LogP contribution < -0.4 is 11.3 Å². The molecular formula is C13H11N3OS. The van der Waals surface area contributed by atoms with Crippen LogP contribution in [0.5, 0.6) is 0 Å². The maximum Gasteiger partial charge on any atom is 0.271 e. The number of nitrogens with two attached hydrogens (primary N) is 1. The average molecular weight is 257 g/mol. The number of rotatable bonds is 0. The van der Waals surface area contributed by atoms with Crippen LogP contribution >= 0.6 is 11.3 Å². The van der Waals surface area contributed by atoms with Crippen molar-refractivity contribution in [1.29, 1.82) is 0 Å². The van der Waals surface area contributed by atoms with Crippen LogP contribution in [-0.4, -0.2) is 9.55 Å². The molecule has 0 saturated carbocycles. The molecule has 0 amide bonds. The predicted octanol–water partition coefficient (Wildman–Crippen LogP) is 2.14. The van der Waals surface area contributed by atoms with Crippen LogP contribution in [0, 0.1) is 0 Å². The Morgan fingerprint density at radius 3 is 3.17 bits per heavy atom. The number of fused-ring (bicyclic) bond motifs is 4. The summed E-state index contributed by atoms with van der Waals surface area (Å²) in [6.45, 7) is 0.799. The van der Waals surface area contributed by atoms with Gasteiger partial charge in [-0.25, -0.2) is 4.98 Å². The molecule has 0 spiro atoms. The van der Waals surface area contributed by atoms with E-state index >= 15 is 0 Å². The number of aryl methyl sites for hydroxylation is 1. The highest BCUT2D eigenvalue weighted by molar-refractivity contribution is 7.25. The molecule has 0 unspecified atom stereocenters. The lowest BCUT2D eigenvalue weighted by molar-refractivity contribution is 0.720. The summed E-state index contributed by atoms with van der Waals surface area (Å²) in [5.74, 6) is 0.912. The van der Waals surface area contributed by atoms with Crippen LogP contribution in [0.3, 0.4) is 0 Å². The topological polar surface area (TPSA) is 60.9 Å². The number of hydrogen-bond donors (Lipinski definition) is 1. The number of benzene rings is 1.